The number of pyridine rings is 1. The van der Waals surface area contributed by atoms with E-state index in [-0.39, 0.29) is 17.6 Å². The Balaban J connectivity index is 1.62. The Bertz CT molecular complexity index is 1700. The maximum atomic E-state index is 14.9. The van der Waals surface area contributed by atoms with Gasteiger partial charge in [0.25, 0.3) is 0 Å². The molecule has 1 aliphatic rings. The predicted molar refractivity (Wildman–Crippen MR) is 133 cm³/mol. The first-order valence-electron chi connectivity index (χ1n) is 11.9. The van der Waals surface area contributed by atoms with Gasteiger partial charge in [-0.3, -0.25) is 5.10 Å². The topological polar surface area (TPSA) is 97.3 Å². The monoisotopic (exact) mass is 519 g/mol. The Morgan fingerprint density at radius 1 is 1.00 bits per heavy atom. The Hall–Kier alpha value is -4.44. The molecule has 1 saturated heterocycles. The second-order valence-electron chi connectivity index (χ2n) is 9.07. The highest BCUT2D eigenvalue weighted by molar-refractivity contribution is 6.06. The lowest BCUT2D eigenvalue weighted by Crippen LogP contribution is -2.16. The maximum absolute atomic E-state index is 14.9. The summed E-state index contributed by atoms with van der Waals surface area (Å²) >= 11 is 0. The number of carboxylic acids is 1. The number of aromatic nitrogens is 3. The average Bonchev–Trinajstić information content (AvgIpc) is 3.38. The van der Waals surface area contributed by atoms with Crippen LogP contribution in [0.2, 0.25) is 0 Å². The molecular formula is C28H20F3N3O4. The number of aromatic carboxylic acids is 1. The van der Waals surface area contributed by atoms with E-state index >= 15 is 0 Å². The number of halogens is 3. The molecule has 0 saturated carbocycles. The van der Waals surface area contributed by atoms with E-state index in [9.17, 15) is 18.0 Å². The minimum Gasteiger partial charge on any atom is -0.478 e. The number of benzene rings is 3. The molecule has 0 spiro atoms. The summed E-state index contributed by atoms with van der Waals surface area (Å²) in [7, 11) is 0. The van der Waals surface area contributed by atoms with Crippen LogP contribution in [-0.2, 0) is 4.74 Å². The normalized spacial score (nSPS) is 14.3. The van der Waals surface area contributed by atoms with Crippen molar-refractivity contribution in [1.82, 2.24) is 15.2 Å². The van der Waals surface area contributed by atoms with Crippen molar-refractivity contribution >= 4 is 27.6 Å². The minimum atomic E-state index is -1.59. The van der Waals surface area contributed by atoms with Crippen LogP contribution in [0, 0.1) is 17.5 Å². The Morgan fingerprint density at radius 2 is 1.76 bits per heavy atom. The number of nitrogens with one attached hydrogen (secondary N) is 1. The van der Waals surface area contributed by atoms with Gasteiger partial charge in [0.15, 0.2) is 11.6 Å². The van der Waals surface area contributed by atoms with Crippen LogP contribution in [0.1, 0.15) is 34.8 Å². The van der Waals surface area contributed by atoms with Gasteiger partial charge in [0.1, 0.15) is 5.82 Å². The molecule has 3 aromatic carbocycles. The summed E-state index contributed by atoms with van der Waals surface area (Å²) in [6, 6.07) is 11.7. The molecule has 5 aromatic rings. The second kappa shape index (κ2) is 9.46. The fraction of sp³-hybridized carbons (Fsp3) is 0.179. The van der Waals surface area contributed by atoms with Crippen LogP contribution >= 0.6 is 0 Å². The van der Waals surface area contributed by atoms with E-state index in [2.05, 4.69) is 10.2 Å². The van der Waals surface area contributed by atoms with E-state index in [1.165, 1.54) is 12.1 Å². The summed E-state index contributed by atoms with van der Waals surface area (Å²) in [4.78, 5) is 16.1. The number of H-pyrrole nitrogens is 1. The molecule has 0 unspecified atom stereocenters. The van der Waals surface area contributed by atoms with Crippen LogP contribution in [0.3, 0.4) is 0 Å². The third kappa shape index (κ3) is 4.12. The Labute approximate surface area is 213 Å². The van der Waals surface area contributed by atoms with Crippen molar-refractivity contribution in [2.45, 2.75) is 18.8 Å². The molecule has 0 amide bonds. The molecule has 1 fully saturated rings. The summed E-state index contributed by atoms with van der Waals surface area (Å²) < 4.78 is 54.6. The van der Waals surface area contributed by atoms with Crippen LogP contribution in [0.4, 0.5) is 13.2 Å². The zero-order chi connectivity index (χ0) is 26.4. The van der Waals surface area contributed by atoms with E-state index in [0.29, 0.717) is 48.0 Å². The van der Waals surface area contributed by atoms with Crippen molar-refractivity contribution in [3.8, 4) is 22.8 Å². The number of carboxylic acid groups (broad SMARTS) is 1. The number of carbonyl (C=O) groups is 1. The molecule has 2 N–H and O–H groups in total. The van der Waals surface area contributed by atoms with Gasteiger partial charge < -0.3 is 14.6 Å². The van der Waals surface area contributed by atoms with Crippen molar-refractivity contribution in [3.05, 3.63) is 83.4 Å². The summed E-state index contributed by atoms with van der Waals surface area (Å²) in [5.74, 6) is -5.45. The third-order valence-electron chi connectivity index (χ3n) is 6.78. The zero-order valence-electron chi connectivity index (χ0n) is 19.8. The van der Waals surface area contributed by atoms with Crippen molar-refractivity contribution < 1.29 is 32.5 Å². The number of nitrogens with zero attached hydrogens (tertiary/aromatic N) is 2. The van der Waals surface area contributed by atoms with Gasteiger partial charge in [0, 0.05) is 35.5 Å². The smallest absolute Gasteiger partial charge is 0.338 e. The molecular weight excluding hydrogens is 499 g/mol. The van der Waals surface area contributed by atoms with Crippen molar-refractivity contribution in [1.29, 1.82) is 0 Å². The highest BCUT2D eigenvalue weighted by Gasteiger charge is 2.27. The molecule has 192 valence electrons. The molecule has 1 aliphatic heterocycles. The van der Waals surface area contributed by atoms with Gasteiger partial charge in [-0.15, -0.1) is 0 Å². The molecule has 3 heterocycles. The summed E-state index contributed by atoms with van der Waals surface area (Å²) in [5.41, 5.74) is 2.04. The lowest BCUT2D eigenvalue weighted by atomic mass is 9.87. The highest BCUT2D eigenvalue weighted by Crippen LogP contribution is 2.43. The first-order chi connectivity index (χ1) is 18.4. The standard InChI is InChI=1S/C28H20F3N3O4/c29-17-3-1-14(2-4-17)23-19-11-16-13-32-34-21(16)12-20(19)27(33-26(23)15-7-9-37-10-8-15)38-22-6-5-18(28(35)36)24(30)25(22)31/h1-6,11-13,15H,7-10H2,(H,32,34)(H,35,36). The molecule has 2 aromatic heterocycles. The lowest BCUT2D eigenvalue weighted by molar-refractivity contribution is 0.0690. The molecule has 7 nitrogen and oxygen atoms in total. The van der Waals surface area contributed by atoms with Crippen molar-refractivity contribution in [3.63, 3.8) is 0 Å². The lowest BCUT2D eigenvalue weighted by Gasteiger charge is -2.26. The largest absolute Gasteiger partial charge is 0.478 e. The van der Waals surface area contributed by atoms with E-state index in [1.54, 1.807) is 24.4 Å². The molecule has 10 heteroatoms. The van der Waals surface area contributed by atoms with Crippen LogP contribution < -0.4 is 4.74 Å². The van der Waals surface area contributed by atoms with Gasteiger partial charge >= 0.3 is 5.97 Å². The Morgan fingerprint density at radius 3 is 2.50 bits per heavy atom. The fourth-order valence-corrected chi connectivity index (χ4v) is 4.88. The second-order valence-corrected chi connectivity index (χ2v) is 9.07. The van der Waals surface area contributed by atoms with Crippen molar-refractivity contribution in [2.24, 2.45) is 0 Å². The third-order valence-corrected chi connectivity index (χ3v) is 6.78. The number of hydrogen-bond acceptors (Lipinski definition) is 5. The van der Waals surface area contributed by atoms with Gasteiger partial charge in [0.2, 0.25) is 11.7 Å². The van der Waals surface area contributed by atoms with E-state index in [1.807, 2.05) is 6.07 Å². The van der Waals surface area contributed by atoms with Crippen LogP contribution in [0.5, 0.6) is 11.6 Å². The summed E-state index contributed by atoms with van der Waals surface area (Å²) in [5, 5.41) is 18.1. The van der Waals surface area contributed by atoms with E-state index in [0.717, 1.165) is 28.6 Å². The molecule has 0 radical (unpaired) electrons. The van der Waals surface area contributed by atoms with Crippen LogP contribution in [0.25, 0.3) is 32.8 Å². The van der Waals surface area contributed by atoms with Gasteiger partial charge in [0.05, 0.1) is 23.0 Å². The molecule has 0 aliphatic carbocycles. The fourth-order valence-electron chi connectivity index (χ4n) is 4.88. The zero-order valence-corrected chi connectivity index (χ0v) is 19.8. The molecule has 0 bridgehead atoms. The van der Waals surface area contributed by atoms with E-state index < -0.39 is 28.9 Å². The first-order valence-corrected chi connectivity index (χ1v) is 11.9. The minimum absolute atomic E-state index is 0.0187. The summed E-state index contributed by atoms with van der Waals surface area (Å²) in [6.07, 6.45) is 3.02. The first kappa shape index (κ1) is 23.9. The highest BCUT2D eigenvalue weighted by atomic mass is 19.2. The molecule has 6 rings (SSSR count). The number of hydrogen-bond donors (Lipinski definition) is 2. The molecule has 0 atom stereocenters. The summed E-state index contributed by atoms with van der Waals surface area (Å²) in [6.45, 7) is 1.06. The number of rotatable bonds is 5. The predicted octanol–water partition coefficient (Wildman–Crippen LogP) is 6.58. The van der Waals surface area contributed by atoms with Gasteiger partial charge in [-0.25, -0.2) is 18.6 Å². The number of aromatic amines is 1. The van der Waals surface area contributed by atoms with Crippen LogP contribution in [-0.4, -0.2) is 39.5 Å². The number of ether oxygens (including phenoxy) is 2. The quantitative estimate of drug-likeness (QED) is 0.272. The van der Waals surface area contributed by atoms with Gasteiger partial charge in [-0.1, -0.05) is 12.1 Å². The average molecular weight is 519 g/mol. The SMILES string of the molecule is O=C(O)c1ccc(Oc2nc(C3CCOCC3)c(-c3ccc(F)cc3)c3cc4cn[nH]c4cc23)c(F)c1F. The van der Waals surface area contributed by atoms with Gasteiger partial charge in [-0.2, -0.15) is 9.49 Å². The Kier molecular flexibility index (Phi) is 5.96. The van der Waals surface area contributed by atoms with Gasteiger partial charge in [-0.05, 0) is 60.2 Å². The maximum Gasteiger partial charge on any atom is 0.338 e. The van der Waals surface area contributed by atoms with Crippen LogP contribution in [0.15, 0.2) is 54.7 Å². The molecule has 38 heavy (non-hydrogen) atoms. The van der Waals surface area contributed by atoms with Crippen molar-refractivity contribution in [2.75, 3.05) is 13.2 Å². The van der Waals surface area contributed by atoms with E-state index in [4.69, 9.17) is 19.6 Å². The number of fused-ring (bicyclic) bond motifs is 2.